The van der Waals surface area contributed by atoms with Crippen LogP contribution in [0.5, 0.6) is 0 Å². The summed E-state index contributed by atoms with van der Waals surface area (Å²) in [7, 11) is 0. The maximum atomic E-state index is 12.4. The molecule has 0 fully saturated rings. The summed E-state index contributed by atoms with van der Waals surface area (Å²) in [6.45, 7) is 0.435. The van der Waals surface area contributed by atoms with Gasteiger partial charge in [0.1, 0.15) is 11.6 Å². The molecule has 4 nitrogen and oxygen atoms in total. The Morgan fingerprint density at radius 2 is 1.91 bits per heavy atom. The third-order valence-electron chi connectivity index (χ3n) is 4.48. The van der Waals surface area contributed by atoms with Gasteiger partial charge >= 0.3 is 0 Å². The molecule has 1 aliphatic rings. The van der Waals surface area contributed by atoms with Crippen LogP contribution in [0.3, 0.4) is 0 Å². The SMILES string of the molecule is N#Cc1ccc(-c2ccc3c(c2)CCCC3)n(CCCO)c1=O. The van der Waals surface area contributed by atoms with Crippen molar-refractivity contribution in [3.05, 3.63) is 57.4 Å². The second kappa shape index (κ2) is 6.80. The minimum absolute atomic E-state index is 0.0207. The fourth-order valence-corrected chi connectivity index (χ4v) is 3.26. The van der Waals surface area contributed by atoms with Gasteiger partial charge in [0.05, 0.1) is 5.69 Å². The zero-order chi connectivity index (χ0) is 16.2. The standard InChI is InChI=1S/C19H20N2O2/c20-13-17-8-9-18(21(19(17)23)10-3-11-22)16-7-6-14-4-1-2-5-15(14)12-16/h6-9,12,22H,1-5,10-11H2. The average Bonchev–Trinajstić information content (AvgIpc) is 2.60. The molecule has 0 saturated heterocycles. The monoisotopic (exact) mass is 308 g/mol. The molecule has 0 atom stereocenters. The predicted octanol–water partition coefficient (Wildman–Crippen LogP) is 2.65. The van der Waals surface area contributed by atoms with E-state index in [1.807, 2.05) is 12.1 Å². The van der Waals surface area contributed by atoms with Crippen LogP contribution in [0.2, 0.25) is 0 Å². The van der Waals surface area contributed by atoms with Crippen molar-refractivity contribution < 1.29 is 5.11 Å². The van der Waals surface area contributed by atoms with Crippen molar-refractivity contribution in [1.82, 2.24) is 4.57 Å². The number of aromatic nitrogens is 1. The highest BCUT2D eigenvalue weighted by atomic mass is 16.3. The Hall–Kier alpha value is -2.38. The molecular formula is C19H20N2O2. The Morgan fingerprint density at radius 3 is 2.65 bits per heavy atom. The van der Waals surface area contributed by atoms with Gasteiger partial charge in [0.25, 0.3) is 5.56 Å². The minimum Gasteiger partial charge on any atom is -0.396 e. The molecular weight excluding hydrogens is 288 g/mol. The molecule has 0 saturated carbocycles. The van der Waals surface area contributed by atoms with E-state index in [1.165, 1.54) is 24.0 Å². The largest absolute Gasteiger partial charge is 0.396 e. The van der Waals surface area contributed by atoms with Gasteiger partial charge in [0.2, 0.25) is 0 Å². The molecule has 4 heteroatoms. The van der Waals surface area contributed by atoms with Crippen LogP contribution in [0.1, 0.15) is 36.0 Å². The molecule has 1 heterocycles. The molecule has 0 aliphatic heterocycles. The maximum absolute atomic E-state index is 12.4. The Bertz CT molecular complexity index is 815. The van der Waals surface area contributed by atoms with Crippen molar-refractivity contribution in [1.29, 1.82) is 5.26 Å². The normalized spacial score (nSPS) is 13.4. The quantitative estimate of drug-likeness (QED) is 0.944. The Balaban J connectivity index is 2.10. The fourth-order valence-electron chi connectivity index (χ4n) is 3.26. The molecule has 1 aliphatic carbocycles. The van der Waals surface area contributed by atoms with E-state index in [0.29, 0.717) is 13.0 Å². The number of hydrogen-bond donors (Lipinski definition) is 1. The highest BCUT2D eigenvalue weighted by molar-refractivity contribution is 5.62. The molecule has 0 radical (unpaired) electrons. The highest BCUT2D eigenvalue weighted by Crippen LogP contribution is 2.27. The lowest BCUT2D eigenvalue weighted by molar-refractivity contribution is 0.279. The second-order valence-corrected chi connectivity index (χ2v) is 5.97. The Kier molecular flexibility index (Phi) is 4.59. The van der Waals surface area contributed by atoms with E-state index in [0.717, 1.165) is 24.1 Å². The summed E-state index contributed by atoms with van der Waals surface area (Å²) in [5, 5.41) is 18.2. The van der Waals surface area contributed by atoms with Gasteiger partial charge in [-0.3, -0.25) is 4.79 Å². The van der Waals surface area contributed by atoms with Gasteiger partial charge in [-0.2, -0.15) is 5.26 Å². The molecule has 0 amide bonds. The van der Waals surface area contributed by atoms with E-state index in [1.54, 1.807) is 10.6 Å². The highest BCUT2D eigenvalue weighted by Gasteiger charge is 2.14. The van der Waals surface area contributed by atoms with E-state index < -0.39 is 0 Å². The Labute approximate surface area is 135 Å². The average molecular weight is 308 g/mol. The van der Waals surface area contributed by atoms with Gasteiger partial charge in [0.15, 0.2) is 0 Å². The molecule has 0 bridgehead atoms. The van der Waals surface area contributed by atoms with Crippen molar-refractivity contribution in [2.75, 3.05) is 6.61 Å². The summed E-state index contributed by atoms with van der Waals surface area (Å²) < 4.78 is 1.61. The summed E-state index contributed by atoms with van der Waals surface area (Å²) in [4.78, 5) is 12.4. The van der Waals surface area contributed by atoms with Gasteiger partial charge in [-0.15, -0.1) is 0 Å². The molecule has 1 aromatic carbocycles. The molecule has 0 unspecified atom stereocenters. The fraction of sp³-hybridized carbons (Fsp3) is 0.368. The first-order chi connectivity index (χ1) is 11.2. The zero-order valence-corrected chi connectivity index (χ0v) is 13.1. The topological polar surface area (TPSA) is 66.0 Å². The smallest absolute Gasteiger partial charge is 0.268 e. The molecule has 1 N–H and O–H groups in total. The number of aliphatic hydroxyl groups is 1. The summed E-state index contributed by atoms with van der Waals surface area (Å²) in [6, 6.07) is 11.8. The maximum Gasteiger partial charge on any atom is 0.268 e. The number of aryl methyl sites for hydroxylation is 2. The van der Waals surface area contributed by atoms with Gasteiger partial charge in [-0.05, 0) is 67.0 Å². The first-order valence-electron chi connectivity index (χ1n) is 8.11. The lowest BCUT2D eigenvalue weighted by Crippen LogP contribution is -2.24. The van der Waals surface area contributed by atoms with Crippen LogP contribution in [-0.2, 0) is 19.4 Å². The third-order valence-corrected chi connectivity index (χ3v) is 4.48. The Morgan fingerprint density at radius 1 is 1.13 bits per heavy atom. The first kappa shape index (κ1) is 15.5. The van der Waals surface area contributed by atoms with Gasteiger partial charge in [-0.25, -0.2) is 0 Å². The van der Waals surface area contributed by atoms with Crippen LogP contribution in [0.4, 0.5) is 0 Å². The number of aliphatic hydroxyl groups excluding tert-OH is 1. The van der Waals surface area contributed by atoms with Gasteiger partial charge < -0.3 is 9.67 Å². The van der Waals surface area contributed by atoms with E-state index in [-0.39, 0.29) is 17.7 Å². The van der Waals surface area contributed by atoms with E-state index in [9.17, 15) is 4.79 Å². The summed E-state index contributed by atoms with van der Waals surface area (Å²) in [5.74, 6) is 0. The van der Waals surface area contributed by atoms with Crippen LogP contribution < -0.4 is 5.56 Å². The lowest BCUT2D eigenvalue weighted by atomic mass is 9.90. The summed E-state index contributed by atoms with van der Waals surface area (Å²) in [6.07, 6.45) is 5.15. The van der Waals surface area contributed by atoms with Gasteiger partial charge in [0, 0.05) is 13.2 Å². The molecule has 118 valence electrons. The van der Waals surface area contributed by atoms with Crippen molar-refractivity contribution in [2.24, 2.45) is 0 Å². The van der Waals surface area contributed by atoms with Crippen molar-refractivity contribution >= 4 is 0 Å². The number of nitriles is 1. The molecule has 2 aromatic rings. The summed E-state index contributed by atoms with van der Waals surface area (Å²) >= 11 is 0. The molecule has 1 aromatic heterocycles. The van der Waals surface area contributed by atoms with Crippen molar-refractivity contribution in [2.45, 2.75) is 38.6 Å². The second-order valence-electron chi connectivity index (χ2n) is 5.97. The number of nitrogens with zero attached hydrogens (tertiary/aromatic N) is 2. The van der Waals surface area contributed by atoms with Crippen LogP contribution in [0, 0.1) is 11.3 Å². The van der Waals surface area contributed by atoms with Crippen LogP contribution in [0.25, 0.3) is 11.3 Å². The zero-order valence-electron chi connectivity index (χ0n) is 13.1. The minimum atomic E-state index is -0.281. The van der Waals surface area contributed by atoms with Crippen LogP contribution >= 0.6 is 0 Å². The number of rotatable bonds is 4. The van der Waals surface area contributed by atoms with E-state index >= 15 is 0 Å². The molecule has 0 spiro atoms. The van der Waals surface area contributed by atoms with Crippen molar-refractivity contribution in [3.63, 3.8) is 0 Å². The lowest BCUT2D eigenvalue weighted by Gasteiger charge is -2.18. The van der Waals surface area contributed by atoms with E-state index in [4.69, 9.17) is 10.4 Å². The number of pyridine rings is 1. The number of benzene rings is 1. The van der Waals surface area contributed by atoms with Gasteiger partial charge in [-0.1, -0.05) is 12.1 Å². The molecule has 3 rings (SSSR count). The van der Waals surface area contributed by atoms with Crippen molar-refractivity contribution in [3.8, 4) is 17.3 Å². The third kappa shape index (κ3) is 3.06. The first-order valence-corrected chi connectivity index (χ1v) is 8.11. The number of hydrogen-bond acceptors (Lipinski definition) is 3. The predicted molar refractivity (Wildman–Crippen MR) is 89.2 cm³/mol. The van der Waals surface area contributed by atoms with E-state index in [2.05, 4.69) is 18.2 Å². The number of fused-ring (bicyclic) bond motifs is 1. The van der Waals surface area contributed by atoms with Crippen LogP contribution in [-0.4, -0.2) is 16.3 Å². The molecule has 23 heavy (non-hydrogen) atoms. The van der Waals surface area contributed by atoms with Crippen LogP contribution in [0.15, 0.2) is 35.1 Å². The summed E-state index contributed by atoms with van der Waals surface area (Å²) in [5.41, 5.74) is 4.44.